The molecule has 1 aliphatic carbocycles. The number of hydrogen-bond acceptors (Lipinski definition) is 4. The fraction of sp³-hybridized carbons (Fsp3) is 0.524. The Kier molecular flexibility index (Phi) is 5.43. The number of anilines is 1. The Morgan fingerprint density at radius 3 is 2.52 bits per heavy atom. The van der Waals surface area contributed by atoms with E-state index in [4.69, 9.17) is 4.74 Å². The van der Waals surface area contributed by atoms with Crippen molar-refractivity contribution in [1.29, 1.82) is 0 Å². The molecular weight excluding hydrogens is 340 g/mol. The molecule has 2 aliphatic rings. The van der Waals surface area contributed by atoms with E-state index in [2.05, 4.69) is 15.3 Å². The summed E-state index contributed by atoms with van der Waals surface area (Å²) >= 11 is 0. The van der Waals surface area contributed by atoms with E-state index in [1.165, 1.54) is 25.8 Å². The number of piperidine rings is 1. The van der Waals surface area contributed by atoms with E-state index in [-0.39, 0.29) is 5.91 Å². The maximum absolute atomic E-state index is 12.6. The van der Waals surface area contributed by atoms with Crippen molar-refractivity contribution >= 4 is 11.7 Å². The summed E-state index contributed by atoms with van der Waals surface area (Å²) in [7, 11) is 1.62. The molecule has 2 fully saturated rings. The minimum atomic E-state index is -0.123. The van der Waals surface area contributed by atoms with Gasteiger partial charge in [-0.2, -0.15) is 5.10 Å². The first-order chi connectivity index (χ1) is 13.2. The van der Waals surface area contributed by atoms with Crippen LogP contribution in [0.3, 0.4) is 0 Å². The van der Waals surface area contributed by atoms with Crippen LogP contribution in [0.5, 0.6) is 5.75 Å². The molecule has 0 unspecified atom stereocenters. The predicted molar refractivity (Wildman–Crippen MR) is 105 cm³/mol. The second kappa shape index (κ2) is 8.13. The van der Waals surface area contributed by atoms with Gasteiger partial charge >= 0.3 is 0 Å². The lowest BCUT2D eigenvalue weighted by molar-refractivity contribution is 0.102. The molecule has 1 aromatic carbocycles. The highest BCUT2D eigenvalue weighted by atomic mass is 16.5. The lowest BCUT2D eigenvalue weighted by atomic mass is 9.84. The minimum Gasteiger partial charge on any atom is -0.497 e. The van der Waals surface area contributed by atoms with E-state index in [0.29, 0.717) is 11.6 Å². The van der Waals surface area contributed by atoms with Crippen LogP contribution >= 0.6 is 0 Å². The minimum absolute atomic E-state index is 0.123. The quantitative estimate of drug-likeness (QED) is 0.847. The van der Waals surface area contributed by atoms with Crippen molar-refractivity contribution in [2.45, 2.75) is 38.1 Å². The first-order valence-electron chi connectivity index (χ1n) is 9.94. The fourth-order valence-corrected chi connectivity index (χ4v) is 4.02. The molecule has 1 saturated heterocycles. The molecule has 1 saturated carbocycles. The number of nitrogens with zero attached hydrogens (tertiary/aromatic N) is 3. The number of methoxy groups -OCH3 is 1. The fourth-order valence-electron chi connectivity index (χ4n) is 4.02. The Labute approximate surface area is 160 Å². The van der Waals surface area contributed by atoms with Gasteiger partial charge in [-0.25, -0.2) is 4.68 Å². The van der Waals surface area contributed by atoms with Gasteiger partial charge in [0, 0.05) is 31.3 Å². The van der Waals surface area contributed by atoms with Crippen molar-refractivity contribution in [2.75, 3.05) is 32.1 Å². The van der Waals surface area contributed by atoms with Gasteiger partial charge in [0.1, 0.15) is 11.6 Å². The lowest BCUT2D eigenvalue weighted by Gasteiger charge is -2.37. The smallest absolute Gasteiger partial charge is 0.256 e. The van der Waals surface area contributed by atoms with Crippen LogP contribution in [-0.2, 0) is 0 Å². The molecule has 0 spiro atoms. The molecule has 0 radical (unpaired) electrons. The molecule has 6 nitrogen and oxygen atoms in total. The number of rotatable bonds is 6. The van der Waals surface area contributed by atoms with Gasteiger partial charge in [0.2, 0.25) is 0 Å². The van der Waals surface area contributed by atoms with Crippen molar-refractivity contribution < 1.29 is 9.53 Å². The molecule has 2 aromatic rings. The van der Waals surface area contributed by atoms with Crippen molar-refractivity contribution in [3.63, 3.8) is 0 Å². The van der Waals surface area contributed by atoms with Crippen LogP contribution in [0.2, 0.25) is 0 Å². The second-order valence-electron chi connectivity index (χ2n) is 7.67. The SMILES string of the molecule is COc1ccc(C(=O)Nc2ccnn2C2CCN(CC3CCC3)CC2)cc1. The maximum Gasteiger partial charge on any atom is 0.256 e. The van der Waals surface area contributed by atoms with Crippen LogP contribution in [0.25, 0.3) is 0 Å². The number of carbonyl (C=O) groups excluding carboxylic acids is 1. The molecule has 144 valence electrons. The first kappa shape index (κ1) is 18.0. The summed E-state index contributed by atoms with van der Waals surface area (Å²) in [5.41, 5.74) is 0.610. The Balaban J connectivity index is 1.35. The summed E-state index contributed by atoms with van der Waals surface area (Å²) in [6, 6.07) is 9.36. The normalized spacial score (nSPS) is 18.9. The monoisotopic (exact) mass is 368 g/mol. The zero-order chi connectivity index (χ0) is 18.6. The average Bonchev–Trinajstić information content (AvgIpc) is 3.13. The van der Waals surface area contributed by atoms with Crippen molar-refractivity contribution in [3.05, 3.63) is 42.1 Å². The van der Waals surface area contributed by atoms with Crippen LogP contribution in [0.4, 0.5) is 5.82 Å². The number of amides is 1. The van der Waals surface area contributed by atoms with Gasteiger partial charge in [-0.3, -0.25) is 4.79 Å². The molecule has 1 N–H and O–H groups in total. The number of carbonyl (C=O) groups is 1. The number of ether oxygens (including phenoxy) is 1. The molecule has 27 heavy (non-hydrogen) atoms. The topological polar surface area (TPSA) is 59.4 Å². The highest BCUT2D eigenvalue weighted by Gasteiger charge is 2.26. The molecule has 0 bridgehead atoms. The molecule has 0 atom stereocenters. The van der Waals surface area contributed by atoms with E-state index in [1.54, 1.807) is 37.6 Å². The number of benzene rings is 1. The van der Waals surface area contributed by atoms with Crippen molar-refractivity contribution in [1.82, 2.24) is 14.7 Å². The molecule has 1 amide bonds. The van der Waals surface area contributed by atoms with Crippen LogP contribution in [-0.4, -0.2) is 47.3 Å². The van der Waals surface area contributed by atoms with Crippen molar-refractivity contribution in [2.24, 2.45) is 5.92 Å². The Morgan fingerprint density at radius 1 is 1.15 bits per heavy atom. The number of nitrogens with one attached hydrogen (secondary N) is 1. The Hall–Kier alpha value is -2.34. The Morgan fingerprint density at radius 2 is 1.89 bits per heavy atom. The van der Waals surface area contributed by atoms with Crippen LogP contribution in [0, 0.1) is 5.92 Å². The first-order valence-corrected chi connectivity index (χ1v) is 9.94. The van der Waals surface area contributed by atoms with Crippen molar-refractivity contribution in [3.8, 4) is 5.75 Å². The summed E-state index contributed by atoms with van der Waals surface area (Å²) in [6.45, 7) is 3.49. The second-order valence-corrected chi connectivity index (χ2v) is 7.67. The highest BCUT2D eigenvalue weighted by Crippen LogP contribution is 2.30. The molecule has 6 heteroatoms. The van der Waals surface area contributed by atoms with E-state index < -0.39 is 0 Å². The standard InChI is InChI=1S/C21H28N4O2/c1-27-19-7-5-17(6-8-19)21(26)23-20-9-12-22-25(20)18-10-13-24(14-11-18)15-16-3-2-4-16/h5-9,12,16,18H,2-4,10-11,13-15H2,1H3,(H,23,26). The van der Waals surface area contributed by atoms with Gasteiger partial charge < -0.3 is 15.0 Å². The number of aromatic nitrogens is 2. The van der Waals surface area contributed by atoms with Gasteiger partial charge in [0.25, 0.3) is 5.91 Å². The summed E-state index contributed by atoms with van der Waals surface area (Å²) in [6.07, 6.45) is 8.15. The van der Waals surface area contributed by atoms with E-state index in [1.807, 2.05) is 10.7 Å². The largest absolute Gasteiger partial charge is 0.497 e. The zero-order valence-corrected chi connectivity index (χ0v) is 15.9. The van der Waals surface area contributed by atoms with Crippen LogP contribution in [0.1, 0.15) is 48.5 Å². The number of hydrogen-bond donors (Lipinski definition) is 1. The summed E-state index contributed by atoms with van der Waals surface area (Å²) in [5, 5.41) is 7.50. The van der Waals surface area contributed by atoms with Gasteiger partial charge in [0.15, 0.2) is 0 Å². The maximum atomic E-state index is 12.6. The molecular formula is C21H28N4O2. The third-order valence-electron chi connectivity index (χ3n) is 5.91. The van der Waals surface area contributed by atoms with Gasteiger partial charge in [-0.1, -0.05) is 6.42 Å². The van der Waals surface area contributed by atoms with E-state index in [0.717, 1.165) is 43.4 Å². The molecule has 2 heterocycles. The average molecular weight is 368 g/mol. The summed E-state index contributed by atoms with van der Waals surface area (Å²) < 4.78 is 7.14. The summed E-state index contributed by atoms with van der Waals surface area (Å²) in [4.78, 5) is 15.2. The third-order valence-corrected chi connectivity index (χ3v) is 5.91. The molecule has 4 rings (SSSR count). The molecule has 1 aromatic heterocycles. The third kappa shape index (κ3) is 4.16. The van der Waals surface area contributed by atoms with Crippen LogP contribution < -0.4 is 10.1 Å². The summed E-state index contributed by atoms with van der Waals surface area (Å²) in [5.74, 6) is 2.31. The van der Waals surface area contributed by atoms with Crippen LogP contribution in [0.15, 0.2) is 36.5 Å². The molecule has 1 aliphatic heterocycles. The van der Waals surface area contributed by atoms with Gasteiger partial charge in [-0.05, 0) is 55.9 Å². The lowest BCUT2D eigenvalue weighted by Crippen LogP contribution is -2.39. The van der Waals surface area contributed by atoms with Gasteiger partial charge in [0.05, 0.1) is 19.3 Å². The predicted octanol–water partition coefficient (Wildman–Crippen LogP) is 3.58. The number of likely N-dealkylation sites (tertiary alicyclic amines) is 1. The van der Waals surface area contributed by atoms with Gasteiger partial charge in [-0.15, -0.1) is 0 Å². The highest BCUT2D eigenvalue weighted by molar-refractivity contribution is 6.03. The van der Waals surface area contributed by atoms with E-state index in [9.17, 15) is 4.79 Å². The van der Waals surface area contributed by atoms with E-state index >= 15 is 0 Å². The zero-order valence-electron chi connectivity index (χ0n) is 15.9. The Bertz CT molecular complexity index is 759.